The summed E-state index contributed by atoms with van der Waals surface area (Å²) in [5.74, 6) is 1.51. The number of nitrogens with one attached hydrogen (secondary N) is 1. The molecule has 4 rings (SSSR count). The first-order valence-electron chi connectivity index (χ1n) is 10.2. The first-order chi connectivity index (χ1) is 13.3. The van der Waals surface area contributed by atoms with Crippen LogP contribution in [0.1, 0.15) is 30.7 Å². The highest BCUT2D eigenvalue weighted by molar-refractivity contribution is 5.27. The number of nitrogens with zero attached hydrogens (tertiary/aromatic N) is 1. The standard InChI is InChI=1S/C23H30N2O2/c26-20(17-27-21-9-5-2-6-10-21)16-25-13-11-19(12-14-25)24-23-15-22(23)18-7-3-1-4-8-18/h1-10,19-20,22-24,26H,11-17H2/t20?,22-,23+/m0/s1. The lowest BCUT2D eigenvalue weighted by molar-refractivity contribution is 0.0578. The average Bonchev–Trinajstić information content (AvgIpc) is 3.49. The fourth-order valence-corrected chi connectivity index (χ4v) is 4.09. The van der Waals surface area contributed by atoms with Gasteiger partial charge in [-0.05, 0) is 50.0 Å². The normalized spacial score (nSPS) is 24.5. The third-order valence-electron chi connectivity index (χ3n) is 5.71. The average molecular weight is 367 g/mol. The van der Waals surface area contributed by atoms with Crippen LogP contribution in [0.5, 0.6) is 5.75 Å². The number of aliphatic hydroxyl groups excluding tert-OH is 1. The smallest absolute Gasteiger partial charge is 0.119 e. The van der Waals surface area contributed by atoms with Gasteiger partial charge >= 0.3 is 0 Å². The van der Waals surface area contributed by atoms with Crippen molar-refractivity contribution in [3.63, 3.8) is 0 Å². The zero-order valence-corrected chi connectivity index (χ0v) is 15.8. The summed E-state index contributed by atoms with van der Waals surface area (Å²) in [6.07, 6.45) is 3.13. The van der Waals surface area contributed by atoms with E-state index < -0.39 is 6.10 Å². The predicted molar refractivity (Wildman–Crippen MR) is 108 cm³/mol. The van der Waals surface area contributed by atoms with Gasteiger partial charge in [0.05, 0.1) is 0 Å². The molecule has 0 bridgehead atoms. The Labute approximate surface area is 162 Å². The summed E-state index contributed by atoms with van der Waals surface area (Å²) >= 11 is 0. The van der Waals surface area contributed by atoms with E-state index in [9.17, 15) is 5.11 Å². The lowest BCUT2D eigenvalue weighted by atomic mass is 10.0. The molecule has 0 spiro atoms. The van der Waals surface area contributed by atoms with Gasteiger partial charge < -0.3 is 20.1 Å². The number of benzene rings is 2. The van der Waals surface area contributed by atoms with E-state index >= 15 is 0 Å². The van der Waals surface area contributed by atoms with Crippen molar-refractivity contribution in [2.45, 2.75) is 43.4 Å². The first-order valence-corrected chi connectivity index (χ1v) is 10.2. The second-order valence-electron chi connectivity index (χ2n) is 7.88. The summed E-state index contributed by atoms with van der Waals surface area (Å²) < 4.78 is 5.66. The van der Waals surface area contributed by atoms with Crippen LogP contribution in [-0.2, 0) is 0 Å². The van der Waals surface area contributed by atoms with Gasteiger partial charge in [0.2, 0.25) is 0 Å². The molecule has 1 aliphatic heterocycles. The second-order valence-corrected chi connectivity index (χ2v) is 7.88. The summed E-state index contributed by atoms with van der Waals surface area (Å²) in [5, 5.41) is 14.1. The maximum Gasteiger partial charge on any atom is 0.119 e. The van der Waals surface area contributed by atoms with Crippen molar-refractivity contribution in [3.8, 4) is 5.75 Å². The Hall–Kier alpha value is -1.88. The van der Waals surface area contributed by atoms with Gasteiger partial charge in [-0.3, -0.25) is 0 Å². The molecule has 1 saturated carbocycles. The molecule has 1 heterocycles. The number of aliphatic hydroxyl groups is 1. The van der Waals surface area contributed by atoms with Crippen molar-refractivity contribution in [3.05, 3.63) is 66.2 Å². The molecule has 0 amide bonds. The fraction of sp³-hybridized carbons (Fsp3) is 0.478. The monoisotopic (exact) mass is 366 g/mol. The molecule has 3 atom stereocenters. The molecule has 2 N–H and O–H groups in total. The van der Waals surface area contributed by atoms with Crippen LogP contribution in [0.15, 0.2) is 60.7 Å². The van der Waals surface area contributed by atoms with E-state index in [-0.39, 0.29) is 0 Å². The van der Waals surface area contributed by atoms with Gasteiger partial charge in [0, 0.05) is 24.5 Å². The molecule has 4 heteroatoms. The molecule has 2 aromatic rings. The van der Waals surface area contributed by atoms with Crippen molar-refractivity contribution in [2.75, 3.05) is 26.2 Å². The van der Waals surface area contributed by atoms with Gasteiger partial charge in [0.15, 0.2) is 0 Å². The number of piperidine rings is 1. The third kappa shape index (κ3) is 5.32. The largest absolute Gasteiger partial charge is 0.491 e. The van der Waals surface area contributed by atoms with Crippen molar-refractivity contribution in [1.29, 1.82) is 0 Å². The summed E-state index contributed by atoms with van der Waals surface area (Å²) in [7, 11) is 0. The van der Waals surface area contributed by atoms with E-state index in [1.54, 1.807) is 0 Å². The van der Waals surface area contributed by atoms with E-state index in [1.807, 2.05) is 30.3 Å². The minimum absolute atomic E-state index is 0.350. The number of β-amino-alcohol motifs (C(OH)–C–C–N with tert-alkyl or cyclic N) is 1. The minimum atomic E-state index is -0.444. The quantitative estimate of drug-likeness (QED) is 0.754. The second kappa shape index (κ2) is 8.87. The number of rotatable bonds is 8. The number of ether oxygens (including phenoxy) is 1. The van der Waals surface area contributed by atoms with Gasteiger partial charge in [-0.25, -0.2) is 0 Å². The molecule has 2 aromatic carbocycles. The van der Waals surface area contributed by atoms with Crippen molar-refractivity contribution >= 4 is 0 Å². The molecule has 0 aromatic heterocycles. The number of hydrogen-bond acceptors (Lipinski definition) is 4. The Bertz CT molecular complexity index is 686. The molecular weight excluding hydrogens is 336 g/mol. The first kappa shape index (κ1) is 18.5. The van der Waals surface area contributed by atoms with Gasteiger partial charge in [0.25, 0.3) is 0 Å². The molecule has 1 saturated heterocycles. The van der Waals surface area contributed by atoms with Crippen LogP contribution in [-0.4, -0.2) is 54.4 Å². The van der Waals surface area contributed by atoms with E-state index in [2.05, 4.69) is 40.5 Å². The zero-order chi connectivity index (χ0) is 18.5. The third-order valence-corrected chi connectivity index (χ3v) is 5.71. The summed E-state index contributed by atoms with van der Waals surface area (Å²) in [6.45, 7) is 3.13. The maximum absolute atomic E-state index is 10.3. The molecule has 2 aliphatic rings. The van der Waals surface area contributed by atoms with Crippen LogP contribution >= 0.6 is 0 Å². The van der Waals surface area contributed by atoms with Crippen LogP contribution in [0.4, 0.5) is 0 Å². The van der Waals surface area contributed by atoms with Crippen LogP contribution in [0, 0.1) is 0 Å². The summed E-state index contributed by atoms with van der Waals surface area (Å²) in [6, 6.07) is 21.8. The highest BCUT2D eigenvalue weighted by Gasteiger charge is 2.39. The van der Waals surface area contributed by atoms with Crippen molar-refractivity contribution < 1.29 is 9.84 Å². The van der Waals surface area contributed by atoms with E-state index in [4.69, 9.17) is 4.74 Å². The lowest BCUT2D eigenvalue weighted by Gasteiger charge is -2.33. The zero-order valence-electron chi connectivity index (χ0n) is 15.8. The Morgan fingerprint density at radius 3 is 2.37 bits per heavy atom. The summed E-state index contributed by atoms with van der Waals surface area (Å²) in [4.78, 5) is 2.36. The number of hydrogen-bond donors (Lipinski definition) is 2. The Balaban J connectivity index is 1.13. The Morgan fingerprint density at radius 2 is 1.67 bits per heavy atom. The molecular formula is C23H30N2O2. The van der Waals surface area contributed by atoms with Gasteiger partial charge in [-0.15, -0.1) is 0 Å². The van der Waals surface area contributed by atoms with Gasteiger partial charge in [-0.2, -0.15) is 0 Å². The highest BCUT2D eigenvalue weighted by atomic mass is 16.5. The summed E-state index contributed by atoms with van der Waals surface area (Å²) in [5.41, 5.74) is 1.47. The number of para-hydroxylation sites is 1. The Kier molecular flexibility index (Phi) is 6.07. The number of likely N-dealkylation sites (tertiary alicyclic amines) is 1. The van der Waals surface area contributed by atoms with Gasteiger partial charge in [0.1, 0.15) is 18.5 Å². The van der Waals surface area contributed by atoms with Crippen molar-refractivity contribution in [2.24, 2.45) is 0 Å². The van der Waals surface area contributed by atoms with Crippen LogP contribution in [0.3, 0.4) is 0 Å². The van der Waals surface area contributed by atoms with E-state index in [1.165, 1.54) is 12.0 Å². The predicted octanol–water partition coefficient (Wildman–Crippen LogP) is 3.04. The molecule has 27 heavy (non-hydrogen) atoms. The molecule has 2 fully saturated rings. The minimum Gasteiger partial charge on any atom is -0.491 e. The molecule has 4 nitrogen and oxygen atoms in total. The maximum atomic E-state index is 10.3. The SMILES string of the molecule is OC(COc1ccccc1)CN1CCC(N[C@@H]2C[C@H]2c2ccccc2)CC1. The Morgan fingerprint density at radius 1 is 1.00 bits per heavy atom. The van der Waals surface area contributed by atoms with E-state index in [0.29, 0.717) is 31.2 Å². The molecule has 0 radical (unpaired) electrons. The highest BCUT2D eigenvalue weighted by Crippen LogP contribution is 2.41. The van der Waals surface area contributed by atoms with Crippen LogP contribution < -0.4 is 10.1 Å². The molecule has 1 unspecified atom stereocenters. The molecule has 1 aliphatic carbocycles. The fourth-order valence-electron chi connectivity index (χ4n) is 4.09. The van der Waals surface area contributed by atoms with Crippen LogP contribution in [0.2, 0.25) is 0 Å². The van der Waals surface area contributed by atoms with Crippen molar-refractivity contribution in [1.82, 2.24) is 10.2 Å². The molecule has 144 valence electrons. The lowest BCUT2D eigenvalue weighted by Crippen LogP contribution is -2.46. The topological polar surface area (TPSA) is 44.7 Å². The van der Waals surface area contributed by atoms with Crippen LogP contribution in [0.25, 0.3) is 0 Å². The van der Waals surface area contributed by atoms with E-state index in [0.717, 1.165) is 31.7 Å². The van der Waals surface area contributed by atoms with Gasteiger partial charge in [-0.1, -0.05) is 48.5 Å².